The summed E-state index contributed by atoms with van der Waals surface area (Å²) in [7, 11) is -3.50. The molecule has 0 saturated carbocycles. The fourth-order valence-corrected chi connectivity index (χ4v) is 12.0. The summed E-state index contributed by atoms with van der Waals surface area (Å²) in [5.41, 5.74) is 3.97. The lowest BCUT2D eigenvalue weighted by atomic mass is 10.0. The van der Waals surface area contributed by atoms with Crippen molar-refractivity contribution in [3.63, 3.8) is 0 Å². The van der Waals surface area contributed by atoms with Crippen LogP contribution < -0.4 is 21.3 Å². The molecule has 4 saturated heterocycles. The first-order valence-electron chi connectivity index (χ1n) is 29.8. The lowest BCUT2D eigenvalue weighted by Crippen LogP contribution is -2.54. The number of terminal acetylenes is 1. The van der Waals surface area contributed by atoms with E-state index in [0.29, 0.717) is 35.7 Å². The predicted octanol–water partition coefficient (Wildman–Crippen LogP) is -0.0969. The van der Waals surface area contributed by atoms with Gasteiger partial charge in [0.1, 0.15) is 37.4 Å². The summed E-state index contributed by atoms with van der Waals surface area (Å²) in [4.78, 5) is 196. The van der Waals surface area contributed by atoms with Crippen molar-refractivity contribution in [1.29, 1.82) is 0 Å². The molecule has 0 aliphatic carbocycles. The van der Waals surface area contributed by atoms with Gasteiger partial charge in [-0.1, -0.05) is 45.8 Å². The maximum Gasteiger partial charge on any atom is 0.264 e. The van der Waals surface area contributed by atoms with Crippen molar-refractivity contribution in [3.05, 3.63) is 138 Å². The fourth-order valence-electron chi connectivity index (χ4n) is 11.3. The molecule has 8 aliphatic heterocycles. The molecule has 4 fully saturated rings. The number of carbonyl (C=O) groups is 16. The Morgan fingerprint density at radius 3 is 1.11 bits per heavy atom. The van der Waals surface area contributed by atoms with Crippen molar-refractivity contribution in [1.82, 2.24) is 40.9 Å². The maximum absolute atomic E-state index is 12.7. The van der Waals surface area contributed by atoms with Gasteiger partial charge in [0, 0.05) is 42.3 Å². The van der Waals surface area contributed by atoms with Gasteiger partial charge in [0.15, 0.2) is 0 Å². The van der Waals surface area contributed by atoms with Gasteiger partial charge in [-0.2, -0.15) is 8.42 Å². The number of hydrogen-bond acceptors (Lipinski definition) is 22. The first-order valence-corrected chi connectivity index (χ1v) is 32.4. The molecule has 16 amide bonds. The zero-order valence-electron chi connectivity index (χ0n) is 51.3. The number of nitrogens with zero attached hydrogens (tertiary/aromatic N) is 4. The van der Waals surface area contributed by atoms with Gasteiger partial charge in [-0.25, -0.2) is 0 Å². The van der Waals surface area contributed by atoms with Crippen LogP contribution in [0.4, 0.5) is 0 Å². The number of halogens is 1. The standard InChI is InChI=1S/C17H18N2O7S.C16H16N2O5.C16H12N2O5.C13H9BrN2O4.C3H4O/c1-27(24,25)26-8-2-3-10-4-5-11-12(9-10)17(23)19(16(11)22)13-6-7-14(20)18-15(13)21;2*19-7-1-2-9-3-4-10-11(8-9)16(23)18(15(10)22)12-5-6-13(20)17-14(12)21;14-6-1-2-7-8(5-6)13(20)16(12(7)19)9-3-4-10(17)15-11(9)18;1-2-3-4/h4-5,9,13H,2-3,6-8H2,1H3,(H,18,20,21);3-4,8,12,19H,1-2,5-7H2,(H,17,20,21);3-4,8,12,19H,5-7H2,(H,17,20,21);1-2,5,9H,3-4H2,(H,15,17,18);1,4H,3H2. The molecule has 97 heavy (non-hydrogen) atoms. The number of aliphatic hydroxyl groups is 3. The highest BCUT2D eigenvalue weighted by atomic mass is 79.9. The zero-order valence-corrected chi connectivity index (χ0v) is 53.7. The number of aliphatic hydroxyl groups excluding tert-OH is 3. The number of hydrogen-bond donors (Lipinski definition) is 7. The number of imide groups is 8. The Kier molecular flexibility index (Phi) is 23.3. The minimum absolute atomic E-state index is 0.0190. The largest absolute Gasteiger partial charge is 0.396 e. The normalized spacial score (nSPS) is 20.0. The molecular formula is C65H59BrN8O22S. The highest BCUT2D eigenvalue weighted by Gasteiger charge is 2.49. The van der Waals surface area contributed by atoms with E-state index in [0.717, 1.165) is 37.0 Å². The topological polar surface area (TPSA) is 438 Å². The second-order valence-corrected chi connectivity index (χ2v) is 24.8. The van der Waals surface area contributed by atoms with Crippen molar-refractivity contribution in [2.75, 3.05) is 32.7 Å². The van der Waals surface area contributed by atoms with Crippen LogP contribution in [0.3, 0.4) is 0 Å². The number of piperidine rings is 4. The van der Waals surface area contributed by atoms with Gasteiger partial charge >= 0.3 is 0 Å². The number of fused-ring (bicyclic) bond motifs is 4. The maximum atomic E-state index is 12.7. The quantitative estimate of drug-likeness (QED) is 0.0421. The summed E-state index contributed by atoms with van der Waals surface area (Å²) in [6.45, 7) is -0.399. The van der Waals surface area contributed by atoms with Crippen LogP contribution in [-0.2, 0) is 65.5 Å². The highest BCUT2D eigenvalue weighted by Crippen LogP contribution is 2.33. The molecule has 4 unspecified atom stereocenters. The number of amides is 16. The summed E-state index contributed by atoms with van der Waals surface area (Å²) in [5.74, 6) is -1.29. The van der Waals surface area contributed by atoms with E-state index in [1.165, 1.54) is 18.2 Å². The first-order chi connectivity index (χ1) is 46.1. The third-order valence-corrected chi connectivity index (χ3v) is 16.9. The van der Waals surface area contributed by atoms with Crippen LogP contribution in [0, 0.1) is 24.2 Å². The number of nitrogens with one attached hydrogen (secondary N) is 4. The van der Waals surface area contributed by atoms with E-state index >= 15 is 0 Å². The Morgan fingerprint density at radius 1 is 0.464 bits per heavy atom. The Morgan fingerprint density at radius 2 is 0.784 bits per heavy atom. The number of carbonyl (C=O) groups excluding carboxylic acids is 16. The molecule has 8 heterocycles. The van der Waals surface area contributed by atoms with Crippen LogP contribution in [-0.4, -0.2) is 195 Å². The summed E-state index contributed by atoms with van der Waals surface area (Å²) in [6, 6.07) is 15.2. The number of benzene rings is 4. The molecule has 4 aromatic carbocycles. The molecule has 0 bridgehead atoms. The Bertz CT molecular complexity index is 4300. The predicted molar refractivity (Wildman–Crippen MR) is 335 cm³/mol. The molecule has 0 spiro atoms. The van der Waals surface area contributed by atoms with Gasteiger partial charge < -0.3 is 15.3 Å². The van der Waals surface area contributed by atoms with Crippen molar-refractivity contribution in [2.24, 2.45) is 0 Å². The van der Waals surface area contributed by atoms with Crippen LogP contribution in [0.2, 0.25) is 0 Å². The second-order valence-electron chi connectivity index (χ2n) is 22.3. The van der Waals surface area contributed by atoms with Gasteiger partial charge in [0.25, 0.3) is 57.4 Å². The first kappa shape index (κ1) is 72.2. The summed E-state index contributed by atoms with van der Waals surface area (Å²) in [5, 5.41) is 33.8. The molecule has 7 N–H and O–H groups in total. The Hall–Kier alpha value is -10.6. The van der Waals surface area contributed by atoms with Crippen LogP contribution in [0.1, 0.15) is 164 Å². The van der Waals surface area contributed by atoms with Gasteiger partial charge in [-0.15, -0.1) is 6.42 Å². The third kappa shape index (κ3) is 16.4. The van der Waals surface area contributed by atoms with Crippen LogP contribution >= 0.6 is 15.9 Å². The molecule has 30 nitrogen and oxygen atoms in total. The van der Waals surface area contributed by atoms with E-state index < -0.39 is 123 Å². The van der Waals surface area contributed by atoms with E-state index in [-0.39, 0.29) is 128 Å². The monoisotopic (exact) mass is 1410 g/mol. The molecule has 4 atom stereocenters. The van der Waals surface area contributed by atoms with E-state index in [1.807, 2.05) is 5.92 Å². The molecule has 504 valence electrons. The van der Waals surface area contributed by atoms with Crippen LogP contribution in [0.15, 0.2) is 77.3 Å². The van der Waals surface area contributed by atoms with Crippen molar-refractivity contribution < 1.29 is 105 Å². The van der Waals surface area contributed by atoms with Crippen molar-refractivity contribution in [3.8, 4) is 24.2 Å². The fraction of sp³-hybridized carbons (Fsp3) is 0.323. The zero-order chi connectivity index (χ0) is 70.7. The second kappa shape index (κ2) is 31.3. The molecule has 8 aliphatic rings. The van der Waals surface area contributed by atoms with Crippen molar-refractivity contribution in [2.45, 2.75) is 101 Å². The molecular weight excluding hydrogens is 1360 g/mol. The summed E-state index contributed by atoms with van der Waals surface area (Å²) < 4.78 is 27.2. The van der Waals surface area contributed by atoms with Crippen LogP contribution in [0.25, 0.3) is 0 Å². The number of aryl methyl sites for hydroxylation is 2. The molecule has 32 heteroatoms. The Labute approximate surface area is 560 Å². The average Bonchev–Trinajstić information content (AvgIpc) is 1.65. The smallest absolute Gasteiger partial charge is 0.264 e. The van der Waals surface area contributed by atoms with E-state index in [1.54, 1.807) is 54.6 Å². The van der Waals surface area contributed by atoms with E-state index in [4.69, 9.17) is 15.3 Å². The molecule has 0 radical (unpaired) electrons. The summed E-state index contributed by atoms with van der Waals surface area (Å²) in [6.07, 6.45) is 8.45. The van der Waals surface area contributed by atoms with Gasteiger partial charge in [-0.3, -0.25) is 122 Å². The lowest BCUT2D eigenvalue weighted by molar-refractivity contribution is -0.137. The van der Waals surface area contributed by atoms with E-state index in [9.17, 15) is 85.1 Å². The SMILES string of the molecule is C#CCO.CS(=O)(=O)OCCCc1ccc2c(c1)C(=O)N(C1CCC(=O)NC1=O)C2=O.O=C1CCC(N2C(=O)c3ccc(Br)cc3C2=O)C(=O)N1.O=C1CCC(N2C(=O)c3ccc(C#CCO)cc3C2=O)C(=O)N1.O=C1CCC(N2C(=O)c3ccc(CCCO)cc3C2=O)C(=O)N1. The number of rotatable bonds is 12. The molecule has 0 aromatic heterocycles. The van der Waals surface area contributed by atoms with Crippen LogP contribution in [0.5, 0.6) is 0 Å². The van der Waals surface area contributed by atoms with Crippen molar-refractivity contribution >= 4 is 121 Å². The minimum Gasteiger partial charge on any atom is -0.396 e. The van der Waals surface area contributed by atoms with E-state index in [2.05, 4.69) is 59.6 Å². The third-order valence-electron chi connectivity index (χ3n) is 15.8. The molecule has 4 aromatic rings. The lowest BCUT2D eigenvalue weighted by Gasteiger charge is -2.27. The van der Waals surface area contributed by atoms with Gasteiger partial charge in [0.2, 0.25) is 47.3 Å². The average molecular weight is 1420 g/mol. The Balaban J connectivity index is 0.000000163. The van der Waals surface area contributed by atoms with Gasteiger partial charge in [-0.05, 0) is 123 Å². The summed E-state index contributed by atoms with van der Waals surface area (Å²) >= 11 is 3.24. The molecule has 12 rings (SSSR count). The highest BCUT2D eigenvalue weighted by molar-refractivity contribution is 9.10. The van der Waals surface area contributed by atoms with Gasteiger partial charge in [0.05, 0.1) is 57.4 Å². The minimum atomic E-state index is -3.50.